The monoisotopic (exact) mass is 322 g/mol. The first-order valence-electron chi connectivity index (χ1n) is 7.18. The van der Waals surface area contributed by atoms with Gasteiger partial charge in [0, 0.05) is 36.7 Å². The molecule has 0 atom stereocenters. The Morgan fingerprint density at radius 3 is 2.48 bits per heavy atom. The van der Waals surface area contributed by atoms with Crippen molar-refractivity contribution in [3.8, 4) is 0 Å². The average molecular weight is 323 g/mol. The van der Waals surface area contributed by atoms with Crippen LogP contribution in [-0.4, -0.2) is 26.3 Å². The molecule has 1 aliphatic rings. The van der Waals surface area contributed by atoms with E-state index in [4.69, 9.17) is 16.3 Å². The van der Waals surface area contributed by atoms with Crippen LogP contribution < -0.4 is 10.2 Å². The summed E-state index contributed by atoms with van der Waals surface area (Å²) in [4.78, 5) is 3.64. The van der Waals surface area contributed by atoms with E-state index in [0.29, 0.717) is 0 Å². The van der Waals surface area contributed by atoms with Crippen molar-refractivity contribution >= 4 is 28.6 Å². The molecule has 3 rings (SSSR count). The highest BCUT2D eigenvalue weighted by atomic mass is 35.5. The third-order valence-corrected chi connectivity index (χ3v) is 4.80. The Hall–Kier alpha value is -1.07. The fraction of sp³-hybridized carbons (Fsp3) is 0.375. The summed E-state index contributed by atoms with van der Waals surface area (Å²) in [5.41, 5.74) is 2.58. The predicted octanol–water partition coefficient (Wildman–Crippen LogP) is 3.53. The van der Waals surface area contributed by atoms with Crippen LogP contribution in [0.1, 0.15) is 10.4 Å². The van der Waals surface area contributed by atoms with E-state index >= 15 is 0 Å². The Labute approximate surface area is 134 Å². The lowest BCUT2D eigenvalue weighted by molar-refractivity contribution is 0.122. The smallest absolute Gasteiger partial charge is 0.0931 e. The first-order chi connectivity index (χ1) is 10.3. The number of anilines is 1. The van der Waals surface area contributed by atoms with E-state index < -0.39 is 0 Å². The van der Waals surface area contributed by atoms with Crippen molar-refractivity contribution in [1.82, 2.24) is 5.32 Å². The summed E-state index contributed by atoms with van der Waals surface area (Å²) >= 11 is 7.55. The van der Waals surface area contributed by atoms with Gasteiger partial charge in [-0.3, -0.25) is 0 Å². The quantitative estimate of drug-likeness (QED) is 0.911. The maximum absolute atomic E-state index is 5.92. The molecule has 5 heteroatoms. The number of morpholine rings is 1. The van der Waals surface area contributed by atoms with E-state index in [1.807, 2.05) is 6.07 Å². The second-order valence-electron chi connectivity index (χ2n) is 5.08. The Balaban J connectivity index is 1.49. The number of hydrogen-bond acceptors (Lipinski definition) is 4. The van der Waals surface area contributed by atoms with Gasteiger partial charge in [-0.1, -0.05) is 23.7 Å². The molecule has 0 spiro atoms. The van der Waals surface area contributed by atoms with Gasteiger partial charge in [-0.05, 0) is 29.8 Å². The van der Waals surface area contributed by atoms with Gasteiger partial charge >= 0.3 is 0 Å². The Morgan fingerprint density at radius 1 is 1.05 bits per heavy atom. The van der Waals surface area contributed by atoms with E-state index in [-0.39, 0.29) is 0 Å². The molecule has 1 fully saturated rings. The minimum absolute atomic E-state index is 0.826. The van der Waals surface area contributed by atoms with E-state index in [1.165, 1.54) is 16.1 Å². The van der Waals surface area contributed by atoms with E-state index in [0.717, 1.165) is 43.7 Å². The van der Waals surface area contributed by atoms with Gasteiger partial charge in [-0.15, -0.1) is 11.3 Å². The zero-order valence-electron chi connectivity index (χ0n) is 11.8. The van der Waals surface area contributed by atoms with Crippen LogP contribution >= 0.6 is 22.9 Å². The minimum atomic E-state index is 0.826. The normalized spacial score (nSPS) is 15.4. The largest absolute Gasteiger partial charge is 0.378 e. The molecule has 0 bridgehead atoms. The van der Waals surface area contributed by atoms with Crippen molar-refractivity contribution in [2.45, 2.75) is 13.1 Å². The topological polar surface area (TPSA) is 24.5 Å². The second-order valence-corrected chi connectivity index (χ2v) is 6.87. The van der Waals surface area contributed by atoms with Crippen LogP contribution in [0, 0.1) is 0 Å². The van der Waals surface area contributed by atoms with Crippen LogP contribution in [0.4, 0.5) is 5.69 Å². The average Bonchev–Trinajstić information content (AvgIpc) is 2.94. The summed E-state index contributed by atoms with van der Waals surface area (Å²) in [7, 11) is 0. The first-order valence-corrected chi connectivity index (χ1v) is 8.37. The van der Waals surface area contributed by atoms with Crippen molar-refractivity contribution in [1.29, 1.82) is 0 Å². The second kappa shape index (κ2) is 7.27. The van der Waals surface area contributed by atoms with Gasteiger partial charge in [-0.25, -0.2) is 0 Å². The highest BCUT2D eigenvalue weighted by Gasteiger charge is 2.10. The zero-order valence-corrected chi connectivity index (χ0v) is 13.4. The molecular weight excluding hydrogens is 304 g/mol. The number of rotatable bonds is 5. The molecule has 112 valence electrons. The Kier molecular flexibility index (Phi) is 5.14. The fourth-order valence-corrected chi connectivity index (χ4v) is 3.48. The van der Waals surface area contributed by atoms with Crippen LogP contribution in [-0.2, 0) is 17.8 Å². The summed E-state index contributed by atoms with van der Waals surface area (Å²) in [5, 5.41) is 3.45. The van der Waals surface area contributed by atoms with E-state index in [1.54, 1.807) is 11.3 Å². The number of benzene rings is 1. The van der Waals surface area contributed by atoms with Crippen molar-refractivity contribution in [2.75, 3.05) is 31.2 Å². The molecule has 21 heavy (non-hydrogen) atoms. The lowest BCUT2D eigenvalue weighted by atomic mass is 10.2. The molecule has 1 aromatic heterocycles. The Bertz CT molecular complexity index is 564. The number of nitrogens with one attached hydrogen (secondary N) is 1. The molecule has 1 N–H and O–H groups in total. The first kappa shape index (κ1) is 14.9. The summed E-state index contributed by atoms with van der Waals surface area (Å²) in [5.74, 6) is 0. The molecule has 1 aromatic carbocycles. The highest BCUT2D eigenvalue weighted by Crippen LogP contribution is 2.21. The van der Waals surface area contributed by atoms with Gasteiger partial charge in [-0.2, -0.15) is 0 Å². The number of halogens is 1. The summed E-state index contributed by atoms with van der Waals surface area (Å²) in [6, 6.07) is 12.8. The maximum atomic E-state index is 5.92. The molecule has 0 unspecified atom stereocenters. The molecule has 2 aromatic rings. The van der Waals surface area contributed by atoms with Crippen molar-refractivity contribution in [2.24, 2.45) is 0 Å². The minimum Gasteiger partial charge on any atom is -0.378 e. The summed E-state index contributed by atoms with van der Waals surface area (Å²) < 4.78 is 6.23. The molecular formula is C16H19ClN2OS. The molecule has 1 saturated heterocycles. The zero-order chi connectivity index (χ0) is 14.5. The molecule has 3 nitrogen and oxygen atoms in total. The molecule has 1 aliphatic heterocycles. The predicted molar refractivity (Wildman–Crippen MR) is 89.3 cm³/mol. The molecule has 0 aliphatic carbocycles. The van der Waals surface area contributed by atoms with Gasteiger partial charge in [0.15, 0.2) is 0 Å². The summed E-state index contributed by atoms with van der Waals surface area (Å²) in [6.45, 7) is 5.36. The summed E-state index contributed by atoms with van der Waals surface area (Å²) in [6.07, 6.45) is 0. The van der Waals surface area contributed by atoms with Gasteiger partial charge in [0.2, 0.25) is 0 Å². The molecule has 0 amide bonds. The standard InChI is InChI=1S/C16H19ClN2OS/c17-16-6-5-15(21-16)12-18-11-13-1-3-14(4-2-13)19-7-9-20-10-8-19/h1-6,18H,7-12H2. The maximum Gasteiger partial charge on any atom is 0.0931 e. The van der Waals surface area contributed by atoms with Gasteiger partial charge in [0.25, 0.3) is 0 Å². The molecule has 0 radical (unpaired) electrons. The van der Waals surface area contributed by atoms with Crippen LogP contribution in [0.15, 0.2) is 36.4 Å². The molecule has 2 heterocycles. The van der Waals surface area contributed by atoms with Gasteiger partial charge < -0.3 is 15.0 Å². The van der Waals surface area contributed by atoms with Crippen molar-refractivity contribution in [3.05, 3.63) is 51.2 Å². The Morgan fingerprint density at radius 2 is 1.81 bits per heavy atom. The lowest BCUT2D eigenvalue weighted by Gasteiger charge is -2.28. The van der Waals surface area contributed by atoms with Crippen LogP contribution in [0.3, 0.4) is 0 Å². The van der Waals surface area contributed by atoms with Crippen molar-refractivity contribution < 1.29 is 4.74 Å². The number of ether oxygens (including phenoxy) is 1. The highest BCUT2D eigenvalue weighted by molar-refractivity contribution is 7.16. The van der Waals surface area contributed by atoms with Crippen LogP contribution in [0.5, 0.6) is 0 Å². The number of nitrogens with zero attached hydrogens (tertiary/aromatic N) is 1. The van der Waals surface area contributed by atoms with E-state index in [9.17, 15) is 0 Å². The van der Waals surface area contributed by atoms with Crippen LogP contribution in [0.25, 0.3) is 0 Å². The van der Waals surface area contributed by atoms with E-state index in [2.05, 4.69) is 40.5 Å². The third kappa shape index (κ3) is 4.20. The SMILES string of the molecule is Clc1ccc(CNCc2ccc(N3CCOCC3)cc2)s1. The number of thiophene rings is 1. The van der Waals surface area contributed by atoms with Crippen molar-refractivity contribution in [3.63, 3.8) is 0 Å². The molecule has 0 saturated carbocycles. The number of hydrogen-bond donors (Lipinski definition) is 1. The van der Waals surface area contributed by atoms with Gasteiger partial charge in [0.05, 0.1) is 17.6 Å². The third-order valence-electron chi connectivity index (χ3n) is 3.57. The van der Waals surface area contributed by atoms with Crippen LogP contribution in [0.2, 0.25) is 4.34 Å². The van der Waals surface area contributed by atoms with Gasteiger partial charge in [0.1, 0.15) is 0 Å². The fourth-order valence-electron chi connectivity index (χ4n) is 2.42. The lowest BCUT2D eigenvalue weighted by Crippen LogP contribution is -2.36.